The third-order valence-electron chi connectivity index (χ3n) is 3.16. The van der Waals surface area contributed by atoms with E-state index in [1.54, 1.807) is 12.1 Å². The number of sulfonamides is 1. The number of hydrogen-bond donors (Lipinski definition) is 2. The standard InChI is InChI=1S/C13H18N2O5S/c16-10-13(17)14-9-11-1-3-12(4-2-11)21(18,19)15-5-7-20-8-6-15/h1-4,16H,5-10H2,(H,14,17). The number of morpholine rings is 1. The quantitative estimate of drug-likeness (QED) is 0.750. The molecule has 2 rings (SSSR count). The fourth-order valence-electron chi connectivity index (χ4n) is 1.97. The van der Waals surface area contributed by atoms with Gasteiger partial charge in [0.2, 0.25) is 15.9 Å². The maximum atomic E-state index is 12.4. The summed E-state index contributed by atoms with van der Waals surface area (Å²) in [4.78, 5) is 11.2. The summed E-state index contributed by atoms with van der Waals surface area (Å²) in [5.74, 6) is -0.472. The maximum Gasteiger partial charge on any atom is 0.245 e. The van der Waals surface area contributed by atoms with Crippen LogP contribution in [0.3, 0.4) is 0 Å². The van der Waals surface area contributed by atoms with Gasteiger partial charge in [-0.1, -0.05) is 12.1 Å². The lowest BCUT2D eigenvalue weighted by atomic mass is 10.2. The van der Waals surface area contributed by atoms with E-state index in [1.807, 2.05) is 0 Å². The first kappa shape index (κ1) is 15.9. The highest BCUT2D eigenvalue weighted by Gasteiger charge is 2.25. The van der Waals surface area contributed by atoms with Gasteiger partial charge < -0.3 is 15.2 Å². The lowest BCUT2D eigenvalue weighted by molar-refractivity contribution is -0.123. The van der Waals surface area contributed by atoms with Crippen molar-refractivity contribution in [3.63, 3.8) is 0 Å². The van der Waals surface area contributed by atoms with Crippen LogP contribution < -0.4 is 5.32 Å². The minimum Gasteiger partial charge on any atom is -0.387 e. The molecule has 116 valence electrons. The van der Waals surface area contributed by atoms with E-state index in [2.05, 4.69) is 5.32 Å². The number of aliphatic hydroxyl groups is 1. The molecule has 0 spiro atoms. The summed E-state index contributed by atoms with van der Waals surface area (Å²) in [6, 6.07) is 6.33. The van der Waals surface area contributed by atoms with E-state index in [9.17, 15) is 13.2 Å². The van der Waals surface area contributed by atoms with Gasteiger partial charge in [0.1, 0.15) is 6.61 Å². The number of rotatable bonds is 5. The number of ether oxygens (including phenoxy) is 1. The van der Waals surface area contributed by atoms with E-state index in [4.69, 9.17) is 9.84 Å². The van der Waals surface area contributed by atoms with Crippen molar-refractivity contribution in [3.8, 4) is 0 Å². The Hall–Kier alpha value is -1.48. The summed E-state index contributed by atoms with van der Waals surface area (Å²) in [7, 11) is -3.49. The highest BCUT2D eigenvalue weighted by Crippen LogP contribution is 2.17. The molecule has 1 aliphatic rings. The summed E-state index contributed by atoms with van der Waals surface area (Å²) in [6.45, 7) is 1.21. The van der Waals surface area contributed by atoms with Crippen molar-refractivity contribution in [1.29, 1.82) is 0 Å². The zero-order chi connectivity index (χ0) is 15.3. The van der Waals surface area contributed by atoms with Gasteiger partial charge in [0.15, 0.2) is 0 Å². The largest absolute Gasteiger partial charge is 0.387 e. The van der Waals surface area contributed by atoms with Crippen LogP contribution in [0, 0.1) is 0 Å². The van der Waals surface area contributed by atoms with Crippen molar-refractivity contribution < 1.29 is 23.1 Å². The molecule has 1 aromatic carbocycles. The van der Waals surface area contributed by atoms with Crippen molar-refractivity contribution in [1.82, 2.24) is 9.62 Å². The van der Waals surface area contributed by atoms with E-state index in [0.29, 0.717) is 26.3 Å². The Kier molecular flexibility index (Phi) is 5.29. The Labute approximate surface area is 123 Å². The minimum atomic E-state index is -3.49. The zero-order valence-electron chi connectivity index (χ0n) is 11.5. The maximum absolute atomic E-state index is 12.4. The number of carbonyl (C=O) groups is 1. The Morgan fingerprint density at radius 1 is 1.24 bits per heavy atom. The molecule has 0 bridgehead atoms. The van der Waals surface area contributed by atoms with Gasteiger partial charge in [0, 0.05) is 19.6 Å². The van der Waals surface area contributed by atoms with Crippen LogP contribution in [0.15, 0.2) is 29.2 Å². The summed E-state index contributed by atoms with van der Waals surface area (Å²) >= 11 is 0. The van der Waals surface area contributed by atoms with E-state index >= 15 is 0 Å². The van der Waals surface area contributed by atoms with E-state index in [-0.39, 0.29) is 11.4 Å². The second-order valence-corrected chi connectivity index (χ2v) is 6.53. The van der Waals surface area contributed by atoms with Crippen LogP contribution in [0.25, 0.3) is 0 Å². The Morgan fingerprint density at radius 3 is 2.43 bits per heavy atom. The number of hydrogen-bond acceptors (Lipinski definition) is 5. The molecule has 1 aliphatic heterocycles. The zero-order valence-corrected chi connectivity index (χ0v) is 12.3. The highest BCUT2D eigenvalue weighted by molar-refractivity contribution is 7.89. The number of carbonyl (C=O) groups excluding carboxylic acids is 1. The van der Waals surface area contributed by atoms with Gasteiger partial charge >= 0.3 is 0 Å². The molecule has 21 heavy (non-hydrogen) atoms. The molecule has 1 saturated heterocycles. The normalized spacial score (nSPS) is 16.6. The molecule has 8 heteroatoms. The predicted octanol–water partition coefficient (Wildman–Crippen LogP) is -0.684. The molecule has 1 heterocycles. The fraction of sp³-hybridized carbons (Fsp3) is 0.462. The number of nitrogens with one attached hydrogen (secondary N) is 1. The van der Waals surface area contributed by atoms with Gasteiger partial charge in [0.05, 0.1) is 18.1 Å². The van der Waals surface area contributed by atoms with E-state index < -0.39 is 22.5 Å². The third-order valence-corrected chi connectivity index (χ3v) is 5.08. The number of benzene rings is 1. The molecule has 1 aromatic rings. The van der Waals surface area contributed by atoms with Crippen molar-refractivity contribution >= 4 is 15.9 Å². The molecule has 0 atom stereocenters. The third kappa shape index (κ3) is 4.01. The van der Waals surface area contributed by atoms with E-state index in [1.165, 1.54) is 16.4 Å². The van der Waals surface area contributed by atoms with Crippen molar-refractivity contribution in [3.05, 3.63) is 29.8 Å². The smallest absolute Gasteiger partial charge is 0.245 e. The minimum absolute atomic E-state index is 0.224. The van der Waals surface area contributed by atoms with Crippen LogP contribution in [0.2, 0.25) is 0 Å². The predicted molar refractivity (Wildman–Crippen MR) is 75.0 cm³/mol. The van der Waals surface area contributed by atoms with Crippen molar-refractivity contribution in [2.45, 2.75) is 11.4 Å². The molecule has 2 N–H and O–H groups in total. The first-order chi connectivity index (χ1) is 10.0. The molecular weight excluding hydrogens is 296 g/mol. The SMILES string of the molecule is O=C(CO)NCc1ccc(S(=O)(=O)N2CCOCC2)cc1. The molecule has 1 fully saturated rings. The van der Waals surface area contributed by atoms with E-state index in [0.717, 1.165) is 5.56 Å². The summed E-state index contributed by atoms with van der Waals surface area (Å²) < 4.78 is 31.3. The Bertz CT molecular complexity index is 579. The summed E-state index contributed by atoms with van der Waals surface area (Å²) in [5.41, 5.74) is 0.762. The highest BCUT2D eigenvalue weighted by atomic mass is 32.2. The summed E-state index contributed by atoms with van der Waals surface area (Å²) in [6.07, 6.45) is 0. The van der Waals surface area contributed by atoms with Gasteiger partial charge in [0.25, 0.3) is 0 Å². The Balaban J connectivity index is 2.05. The monoisotopic (exact) mass is 314 g/mol. The van der Waals surface area contributed by atoms with Crippen LogP contribution in [0.4, 0.5) is 0 Å². The number of nitrogens with zero attached hydrogens (tertiary/aromatic N) is 1. The van der Waals surface area contributed by atoms with Crippen LogP contribution in [-0.4, -0.2) is 56.6 Å². The van der Waals surface area contributed by atoms with Crippen molar-refractivity contribution in [2.75, 3.05) is 32.9 Å². The first-order valence-electron chi connectivity index (χ1n) is 6.58. The van der Waals surface area contributed by atoms with Crippen molar-refractivity contribution in [2.24, 2.45) is 0 Å². The number of amides is 1. The lowest BCUT2D eigenvalue weighted by Gasteiger charge is -2.26. The van der Waals surface area contributed by atoms with Gasteiger partial charge in [-0.2, -0.15) is 4.31 Å². The molecule has 0 unspecified atom stereocenters. The molecule has 7 nitrogen and oxygen atoms in total. The summed E-state index contributed by atoms with van der Waals surface area (Å²) in [5, 5.41) is 11.1. The topological polar surface area (TPSA) is 95.9 Å². The Morgan fingerprint density at radius 2 is 1.86 bits per heavy atom. The lowest BCUT2D eigenvalue weighted by Crippen LogP contribution is -2.40. The van der Waals surface area contributed by atoms with Gasteiger partial charge in [-0.15, -0.1) is 0 Å². The van der Waals surface area contributed by atoms with Gasteiger partial charge in [-0.3, -0.25) is 4.79 Å². The van der Waals surface area contributed by atoms with Crippen LogP contribution >= 0.6 is 0 Å². The molecule has 0 saturated carbocycles. The molecule has 0 radical (unpaired) electrons. The average Bonchev–Trinajstić information content (AvgIpc) is 2.53. The van der Waals surface area contributed by atoms with Crippen LogP contribution in [-0.2, 0) is 26.1 Å². The molecule has 0 aliphatic carbocycles. The molecule has 0 aromatic heterocycles. The second-order valence-electron chi connectivity index (χ2n) is 4.60. The molecule has 1 amide bonds. The van der Waals surface area contributed by atoms with Crippen LogP contribution in [0.1, 0.15) is 5.56 Å². The van der Waals surface area contributed by atoms with Crippen LogP contribution in [0.5, 0.6) is 0 Å². The first-order valence-corrected chi connectivity index (χ1v) is 8.02. The number of aliphatic hydroxyl groups excluding tert-OH is 1. The fourth-order valence-corrected chi connectivity index (χ4v) is 3.38. The van der Waals surface area contributed by atoms with Gasteiger partial charge in [-0.25, -0.2) is 8.42 Å². The molecular formula is C13H18N2O5S. The second kappa shape index (κ2) is 6.99. The average molecular weight is 314 g/mol. The van der Waals surface area contributed by atoms with Gasteiger partial charge in [-0.05, 0) is 17.7 Å².